The fourth-order valence-corrected chi connectivity index (χ4v) is 2.07. The van der Waals surface area contributed by atoms with Crippen molar-refractivity contribution in [1.29, 1.82) is 0 Å². The number of methoxy groups -OCH3 is 2. The number of esters is 1. The molecule has 0 atom stereocenters. The fourth-order valence-electron chi connectivity index (χ4n) is 1.20. The van der Waals surface area contributed by atoms with Crippen LogP contribution >= 0.6 is 11.8 Å². The first-order valence-electron chi connectivity index (χ1n) is 4.89. The number of hydrogen-bond acceptors (Lipinski definition) is 5. The molecule has 0 aliphatic heterocycles. The molecule has 0 aromatic heterocycles. The number of nitrogens with two attached hydrogens (primary N) is 1. The van der Waals surface area contributed by atoms with E-state index in [0.717, 1.165) is 6.07 Å². The Morgan fingerprint density at radius 1 is 1.47 bits per heavy atom. The Morgan fingerprint density at radius 2 is 2.18 bits per heavy atom. The fraction of sp³-hybridized carbons (Fsp3) is 0.364. The van der Waals surface area contributed by atoms with Gasteiger partial charge in [-0.15, -0.1) is 11.8 Å². The van der Waals surface area contributed by atoms with Gasteiger partial charge in [0, 0.05) is 23.4 Å². The molecule has 0 unspecified atom stereocenters. The lowest BCUT2D eigenvalue weighted by atomic mass is 10.2. The van der Waals surface area contributed by atoms with Crippen molar-refractivity contribution in [3.05, 3.63) is 23.5 Å². The van der Waals surface area contributed by atoms with Gasteiger partial charge in [-0.3, -0.25) is 0 Å². The number of thioether (sulfide) groups is 1. The van der Waals surface area contributed by atoms with Gasteiger partial charge in [0.25, 0.3) is 0 Å². The van der Waals surface area contributed by atoms with E-state index in [9.17, 15) is 9.18 Å². The summed E-state index contributed by atoms with van der Waals surface area (Å²) in [4.78, 5) is 11.7. The molecular formula is C11H14FNO3S. The van der Waals surface area contributed by atoms with Crippen molar-refractivity contribution in [2.75, 3.05) is 32.3 Å². The second kappa shape index (κ2) is 6.46. The minimum atomic E-state index is -0.573. The average molecular weight is 259 g/mol. The third kappa shape index (κ3) is 3.61. The molecule has 0 heterocycles. The largest absolute Gasteiger partial charge is 0.465 e. The molecule has 0 aliphatic carbocycles. The Kier molecular flexibility index (Phi) is 5.24. The van der Waals surface area contributed by atoms with Gasteiger partial charge in [-0.05, 0) is 12.1 Å². The van der Waals surface area contributed by atoms with Gasteiger partial charge in [0.15, 0.2) is 0 Å². The number of benzene rings is 1. The Hall–Kier alpha value is -1.27. The second-order valence-corrected chi connectivity index (χ2v) is 4.34. The first-order valence-corrected chi connectivity index (χ1v) is 5.87. The molecule has 0 spiro atoms. The SMILES string of the molecule is COCCSc1cc(C(=O)OC)c(N)cc1F. The first kappa shape index (κ1) is 13.8. The summed E-state index contributed by atoms with van der Waals surface area (Å²) in [5.41, 5.74) is 5.80. The second-order valence-electron chi connectivity index (χ2n) is 3.20. The Bertz CT molecular complexity index is 412. The van der Waals surface area contributed by atoms with Crippen molar-refractivity contribution in [1.82, 2.24) is 0 Å². The maximum absolute atomic E-state index is 13.5. The highest BCUT2D eigenvalue weighted by atomic mass is 32.2. The summed E-state index contributed by atoms with van der Waals surface area (Å²) >= 11 is 1.26. The Morgan fingerprint density at radius 3 is 2.76 bits per heavy atom. The summed E-state index contributed by atoms with van der Waals surface area (Å²) in [5.74, 6) is -0.426. The number of rotatable bonds is 5. The van der Waals surface area contributed by atoms with Gasteiger partial charge in [-0.25, -0.2) is 9.18 Å². The minimum absolute atomic E-state index is 0.0745. The van der Waals surface area contributed by atoms with Gasteiger partial charge >= 0.3 is 5.97 Å². The zero-order valence-corrected chi connectivity index (χ0v) is 10.5. The molecule has 1 rings (SSSR count). The first-order chi connectivity index (χ1) is 8.10. The summed E-state index contributed by atoms with van der Waals surface area (Å²) < 4.78 is 23.0. The third-order valence-electron chi connectivity index (χ3n) is 2.05. The molecule has 4 nitrogen and oxygen atoms in total. The molecule has 17 heavy (non-hydrogen) atoms. The molecule has 94 valence electrons. The topological polar surface area (TPSA) is 61.5 Å². The normalized spacial score (nSPS) is 10.3. The molecule has 0 radical (unpaired) electrons. The maximum Gasteiger partial charge on any atom is 0.339 e. The molecule has 0 amide bonds. The predicted octanol–water partition coefficient (Wildman–Crippen LogP) is 1.93. The van der Waals surface area contributed by atoms with Crippen LogP contribution in [0.3, 0.4) is 0 Å². The van der Waals surface area contributed by atoms with E-state index in [-0.39, 0.29) is 11.3 Å². The molecule has 0 saturated carbocycles. The van der Waals surface area contributed by atoms with E-state index in [1.165, 1.54) is 24.9 Å². The van der Waals surface area contributed by atoms with Crippen LogP contribution in [0.15, 0.2) is 17.0 Å². The van der Waals surface area contributed by atoms with Crippen LogP contribution in [-0.2, 0) is 9.47 Å². The third-order valence-corrected chi connectivity index (χ3v) is 3.05. The summed E-state index contributed by atoms with van der Waals surface area (Å²) in [6.07, 6.45) is 0. The summed E-state index contributed by atoms with van der Waals surface area (Å²) in [7, 11) is 2.82. The van der Waals surface area contributed by atoms with Gasteiger partial charge in [0.05, 0.1) is 19.3 Å². The van der Waals surface area contributed by atoms with Crippen LogP contribution in [-0.4, -0.2) is 32.5 Å². The van der Waals surface area contributed by atoms with Crippen LogP contribution in [0.2, 0.25) is 0 Å². The number of carbonyl (C=O) groups excluding carboxylic acids is 1. The van der Waals surface area contributed by atoms with Crippen LogP contribution in [0, 0.1) is 5.82 Å². The number of hydrogen-bond donors (Lipinski definition) is 1. The van der Waals surface area contributed by atoms with Crippen LogP contribution in [0.25, 0.3) is 0 Å². The van der Waals surface area contributed by atoms with Gasteiger partial charge in [0.2, 0.25) is 0 Å². The predicted molar refractivity (Wildman–Crippen MR) is 64.8 cm³/mol. The van der Waals surface area contributed by atoms with Gasteiger partial charge in [0.1, 0.15) is 5.82 Å². The minimum Gasteiger partial charge on any atom is -0.465 e. The molecular weight excluding hydrogens is 245 g/mol. The highest BCUT2D eigenvalue weighted by Gasteiger charge is 2.14. The summed E-state index contributed by atoms with van der Waals surface area (Å²) in [5, 5.41) is 0. The molecule has 0 saturated heterocycles. The number of carbonyl (C=O) groups is 1. The molecule has 1 aromatic carbocycles. The molecule has 0 fully saturated rings. The Labute approximate surface area is 103 Å². The van der Waals surface area contributed by atoms with Crippen molar-refractivity contribution in [2.24, 2.45) is 0 Å². The Balaban J connectivity index is 2.93. The van der Waals surface area contributed by atoms with Crippen molar-refractivity contribution in [3.8, 4) is 0 Å². The monoisotopic (exact) mass is 259 g/mol. The summed E-state index contributed by atoms with van der Waals surface area (Å²) in [6, 6.07) is 2.53. The lowest BCUT2D eigenvalue weighted by Crippen LogP contribution is -2.07. The maximum atomic E-state index is 13.5. The number of anilines is 1. The van der Waals surface area contributed by atoms with E-state index >= 15 is 0 Å². The van der Waals surface area contributed by atoms with Crippen LogP contribution in [0.1, 0.15) is 10.4 Å². The molecule has 6 heteroatoms. The van der Waals surface area contributed by atoms with E-state index in [2.05, 4.69) is 4.74 Å². The molecule has 1 aromatic rings. The van der Waals surface area contributed by atoms with Gasteiger partial charge in [-0.2, -0.15) is 0 Å². The van der Waals surface area contributed by atoms with Crippen LogP contribution in [0.5, 0.6) is 0 Å². The average Bonchev–Trinajstić information content (AvgIpc) is 2.31. The van der Waals surface area contributed by atoms with Gasteiger partial charge in [-0.1, -0.05) is 0 Å². The van der Waals surface area contributed by atoms with Crippen LogP contribution < -0.4 is 5.73 Å². The number of nitrogen functional groups attached to an aromatic ring is 1. The standard InChI is InChI=1S/C11H14FNO3S/c1-15-3-4-17-10-5-7(11(14)16-2)9(13)6-8(10)12/h5-6H,3-4,13H2,1-2H3. The zero-order valence-electron chi connectivity index (χ0n) is 9.66. The van der Waals surface area contributed by atoms with E-state index in [4.69, 9.17) is 10.5 Å². The number of halogens is 1. The highest BCUT2D eigenvalue weighted by Crippen LogP contribution is 2.27. The van der Waals surface area contributed by atoms with Crippen molar-refractivity contribution >= 4 is 23.4 Å². The molecule has 0 aliphatic rings. The zero-order chi connectivity index (χ0) is 12.8. The van der Waals surface area contributed by atoms with E-state index in [0.29, 0.717) is 17.3 Å². The van der Waals surface area contributed by atoms with Crippen molar-refractivity contribution < 1.29 is 18.7 Å². The van der Waals surface area contributed by atoms with Gasteiger partial charge < -0.3 is 15.2 Å². The van der Waals surface area contributed by atoms with E-state index in [1.807, 2.05) is 0 Å². The summed E-state index contributed by atoms with van der Waals surface area (Å²) in [6.45, 7) is 0.502. The highest BCUT2D eigenvalue weighted by molar-refractivity contribution is 7.99. The van der Waals surface area contributed by atoms with E-state index in [1.54, 1.807) is 7.11 Å². The molecule has 2 N–H and O–H groups in total. The van der Waals surface area contributed by atoms with Crippen molar-refractivity contribution in [2.45, 2.75) is 4.90 Å². The lowest BCUT2D eigenvalue weighted by Gasteiger charge is -2.08. The molecule has 0 bridgehead atoms. The lowest BCUT2D eigenvalue weighted by molar-refractivity contribution is 0.0601. The smallest absolute Gasteiger partial charge is 0.339 e. The van der Waals surface area contributed by atoms with E-state index < -0.39 is 11.8 Å². The quantitative estimate of drug-likeness (QED) is 0.379. The number of ether oxygens (including phenoxy) is 2. The van der Waals surface area contributed by atoms with Crippen molar-refractivity contribution in [3.63, 3.8) is 0 Å². The van der Waals surface area contributed by atoms with Crippen LogP contribution in [0.4, 0.5) is 10.1 Å².